The van der Waals surface area contributed by atoms with E-state index in [9.17, 15) is 8.42 Å². The highest BCUT2D eigenvalue weighted by atomic mass is 127. The largest absolute Gasteiger partial charge is 0.356 e. The summed E-state index contributed by atoms with van der Waals surface area (Å²) in [6.07, 6.45) is 3.77. The number of nitrogens with zero attached hydrogens (tertiary/aromatic N) is 2. The van der Waals surface area contributed by atoms with Gasteiger partial charge in [-0.1, -0.05) is 29.8 Å². The lowest BCUT2D eigenvalue weighted by atomic mass is 10.1. The summed E-state index contributed by atoms with van der Waals surface area (Å²) in [5, 5.41) is 6.94. The Morgan fingerprint density at radius 3 is 2.44 bits per heavy atom. The Morgan fingerprint density at radius 1 is 1.19 bits per heavy atom. The number of rotatable bonds is 6. The molecule has 0 aliphatic carbocycles. The fourth-order valence-corrected chi connectivity index (χ4v) is 3.59. The minimum atomic E-state index is -3.20. The van der Waals surface area contributed by atoms with Gasteiger partial charge in [-0.15, -0.1) is 24.0 Å². The zero-order valence-corrected chi connectivity index (χ0v) is 19.4. The van der Waals surface area contributed by atoms with Gasteiger partial charge in [0.05, 0.1) is 4.90 Å². The number of aryl methyl sites for hydroxylation is 1. The van der Waals surface area contributed by atoms with E-state index in [0.717, 1.165) is 23.1 Å². The van der Waals surface area contributed by atoms with E-state index in [1.807, 2.05) is 18.2 Å². The Labute approximate surface area is 182 Å². The molecule has 0 fully saturated rings. The summed E-state index contributed by atoms with van der Waals surface area (Å²) in [5.41, 5.74) is 2.81. The number of guanidine groups is 1. The maximum atomic E-state index is 11.7. The van der Waals surface area contributed by atoms with Crippen LogP contribution in [0.25, 0.3) is 0 Å². The second-order valence-electron chi connectivity index (χ2n) is 5.96. The third-order valence-electron chi connectivity index (χ3n) is 3.82. The first kappa shape index (κ1) is 23.6. The highest BCUT2D eigenvalue weighted by molar-refractivity contribution is 14.0. The molecule has 0 amide bonds. The van der Waals surface area contributed by atoms with Crippen LogP contribution in [0.4, 0.5) is 0 Å². The Balaban J connectivity index is 0.00000364. The summed E-state index contributed by atoms with van der Waals surface area (Å²) < 4.78 is 23.3. The maximum Gasteiger partial charge on any atom is 0.191 e. The van der Waals surface area contributed by atoms with Crippen molar-refractivity contribution in [3.8, 4) is 0 Å². The van der Waals surface area contributed by atoms with E-state index in [1.54, 1.807) is 32.3 Å². The monoisotopic (exact) mass is 522 g/mol. The van der Waals surface area contributed by atoms with Gasteiger partial charge in [0.25, 0.3) is 0 Å². The van der Waals surface area contributed by atoms with Crippen LogP contribution in [0.2, 0.25) is 5.15 Å². The van der Waals surface area contributed by atoms with Gasteiger partial charge in [-0.05, 0) is 42.2 Å². The van der Waals surface area contributed by atoms with Crippen LogP contribution in [-0.2, 0) is 22.8 Å². The molecule has 27 heavy (non-hydrogen) atoms. The van der Waals surface area contributed by atoms with Crippen molar-refractivity contribution in [2.75, 3.05) is 19.8 Å². The standard InChI is InChI=1S/C18H23ClN4O2S.HI/c1-13-10-15(4-6-16(13)26(3,24)25)12-23-18(20-2)21-9-8-14-5-7-17(19)22-11-14;/h4-7,10-11H,8-9,12H2,1-3H3,(H2,20,21,23);1H. The zero-order valence-electron chi connectivity index (χ0n) is 15.5. The molecule has 0 atom stereocenters. The average molecular weight is 523 g/mol. The molecule has 0 saturated heterocycles. The second-order valence-corrected chi connectivity index (χ2v) is 8.34. The van der Waals surface area contributed by atoms with Gasteiger partial charge in [0.1, 0.15) is 5.15 Å². The number of pyridine rings is 1. The molecule has 148 valence electrons. The molecule has 0 aliphatic rings. The Kier molecular flexibility index (Phi) is 9.48. The molecule has 0 bridgehead atoms. The van der Waals surface area contributed by atoms with Gasteiger partial charge < -0.3 is 10.6 Å². The van der Waals surface area contributed by atoms with E-state index < -0.39 is 9.84 Å². The van der Waals surface area contributed by atoms with E-state index in [4.69, 9.17) is 11.6 Å². The first-order valence-electron chi connectivity index (χ1n) is 8.14. The molecule has 2 aromatic rings. The van der Waals surface area contributed by atoms with Crippen molar-refractivity contribution >= 4 is 51.4 Å². The van der Waals surface area contributed by atoms with Crippen molar-refractivity contribution < 1.29 is 8.42 Å². The van der Waals surface area contributed by atoms with Gasteiger partial charge in [0.2, 0.25) is 0 Å². The SMILES string of the molecule is CN=C(NCCc1ccc(Cl)nc1)NCc1ccc(S(C)(=O)=O)c(C)c1.I. The van der Waals surface area contributed by atoms with Crippen molar-refractivity contribution in [2.45, 2.75) is 24.8 Å². The summed E-state index contributed by atoms with van der Waals surface area (Å²) in [5.74, 6) is 0.678. The molecule has 0 aliphatic heterocycles. The molecule has 0 unspecified atom stereocenters. The van der Waals surface area contributed by atoms with Crippen LogP contribution in [-0.4, -0.2) is 39.2 Å². The average Bonchev–Trinajstić information content (AvgIpc) is 2.58. The number of aliphatic imine (C=N–C) groups is 1. The molecule has 1 aromatic carbocycles. The van der Waals surface area contributed by atoms with E-state index in [0.29, 0.717) is 29.1 Å². The van der Waals surface area contributed by atoms with Crippen LogP contribution >= 0.6 is 35.6 Å². The summed E-state index contributed by atoms with van der Waals surface area (Å²) in [6, 6.07) is 9.04. The molecule has 1 aromatic heterocycles. The first-order valence-corrected chi connectivity index (χ1v) is 10.4. The molecule has 0 radical (unpaired) electrons. The topological polar surface area (TPSA) is 83.4 Å². The predicted octanol–water partition coefficient (Wildman–Crippen LogP) is 2.97. The molecule has 0 saturated carbocycles. The highest BCUT2D eigenvalue weighted by Crippen LogP contribution is 2.16. The van der Waals surface area contributed by atoms with Crippen molar-refractivity contribution in [2.24, 2.45) is 4.99 Å². The molecular formula is C18H24ClIN4O2S. The van der Waals surface area contributed by atoms with E-state index in [1.165, 1.54) is 6.26 Å². The Bertz CT molecular complexity index is 887. The van der Waals surface area contributed by atoms with Gasteiger partial charge >= 0.3 is 0 Å². The van der Waals surface area contributed by atoms with Gasteiger partial charge in [0.15, 0.2) is 15.8 Å². The fourth-order valence-electron chi connectivity index (χ4n) is 2.52. The molecule has 0 spiro atoms. The third-order valence-corrected chi connectivity index (χ3v) is 5.30. The van der Waals surface area contributed by atoms with Crippen molar-refractivity contribution in [3.05, 3.63) is 58.4 Å². The summed E-state index contributed by atoms with van der Waals surface area (Å²) in [7, 11) is -1.49. The molecule has 9 heteroatoms. The molecule has 2 N–H and O–H groups in total. The number of nitrogens with one attached hydrogen (secondary N) is 2. The van der Waals surface area contributed by atoms with Crippen molar-refractivity contribution in [3.63, 3.8) is 0 Å². The fraction of sp³-hybridized carbons (Fsp3) is 0.333. The normalized spacial score (nSPS) is 11.6. The lowest BCUT2D eigenvalue weighted by Crippen LogP contribution is -2.37. The Hall–Kier alpha value is -1.39. The number of aromatic nitrogens is 1. The quantitative estimate of drug-likeness (QED) is 0.264. The maximum absolute atomic E-state index is 11.7. The van der Waals surface area contributed by atoms with E-state index in [2.05, 4.69) is 20.6 Å². The lowest BCUT2D eigenvalue weighted by Gasteiger charge is -2.13. The van der Waals surface area contributed by atoms with Crippen LogP contribution in [0.15, 0.2) is 46.4 Å². The van der Waals surface area contributed by atoms with Crippen molar-refractivity contribution in [1.82, 2.24) is 15.6 Å². The van der Waals surface area contributed by atoms with E-state index >= 15 is 0 Å². The molecule has 1 heterocycles. The smallest absolute Gasteiger partial charge is 0.191 e. The zero-order chi connectivity index (χ0) is 19.2. The van der Waals surface area contributed by atoms with Gasteiger partial charge in [0, 0.05) is 32.6 Å². The number of benzene rings is 1. The predicted molar refractivity (Wildman–Crippen MR) is 121 cm³/mol. The van der Waals surface area contributed by atoms with Crippen LogP contribution in [0, 0.1) is 6.92 Å². The number of halogens is 2. The Morgan fingerprint density at radius 2 is 1.89 bits per heavy atom. The number of hydrogen-bond acceptors (Lipinski definition) is 4. The van der Waals surface area contributed by atoms with Gasteiger partial charge in [-0.3, -0.25) is 4.99 Å². The van der Waals surface area contributed by atoms with Crippen LogP contribution in [0.1, 0.15) is 16.7 Å². The summed E-state index contributed by atoms with van der Waals surface area (Å²) in [6.45, 7) is 3.05. The van der Waals surface area contributed by atoms with Crippen LogP contribution in [0.3, 0.4) is 0 Å². The molecule has 6 nitrogen and oxygen atoms in total. The summed E-state index contributed by atoms with van der Waals surface area (Å²) >= 11 is 5.77. The van der Waals surface area contributed by atoms with Gasteiger partial charge in [-0.25, -0.2) is 13.4 Å². The van der Waals surface area contributed by atoms with Crippen LogP contribution in [0.5, 0.6) is 0 Å². The highest BCUT2D eigenvalue weighted by Gasteiger charge is 2.10. The lowest BCUT2D eigenvalue weighted by molar-refractivity contribution is 0.601. The summed E-state index contributed by atoms with van der Waals surface area (Å²) in [4.78, 5) is 8.61. The van der Waals surface area contributed by atoms with Crippen molar-refractivity contribution in [1.29, 1.82) is 0 Å². The third kappa shape index (κ3) is 7.63. The number of hydrogen-bond donors (Lipinski definition) is 2. The minimum absolute atomic E-state index is 0. The molecular weight excluding hydrogens is 499 g/mol. The van der Waals surface area contributed by atoms with Gasteiger partial charge in [-0.2, -0.15) is 0 Å². The second kappa shape index (κ2) is 10.8. The van der Waals surface area contributed by atoms with Crippen LogP contribution < -0.4 is 10.6 Å². The first-order chi connectivity index (χ1) is 12.3. The number of sulfone groups is 1. The minimum Gasteiger partial charge on any atom is -0.356 e. The molecule has 2 rings (SSSR count). The van der Waals surface area contributed by atoms with E-state index in [-0.39, 0.29) is 24.0 Å².